The van der Waals surface area contributed by atoms with Crippen LogP contribution in [0.3, 0.4) is 0 Å². The number of carbonyl (C=O) groups is 1. The maximum Gasteiger partial charge on any atom is 0.238 e. The molecule has 1 amide bonds. The van der Waals surface area contributed by atoms with Crippen molar-refractivity contribution in [1.29, 1.82) is 0 Å². The van der Waals surface area contributed by atoms with Crippen molar-refractivity contribution < 1.29 is 9.18 Å². The van der Waals surface area contributed by atoms with E-state index in [0.29, 0.717) is 5.69 Å². The molecular formula is C22H20ClFN2O. The number of hydrogen-bond acceptors (Lipinski definition) is 2. The molecule has 3 aromatic carbocycles. The van der Waals surface area contributed by atoms with Gasteiger partial charge < -0.3 is 5.32 Å². The predicted octanol–water partition coefficient (Wildman–Crippen LogP) is 5.14. The van der Waals surface area contributed by atoms with E-state index in [1.165, 1.54) is 18.2 Å². The van der Waals surface area contributed by atoms with Gasteiger partial charge in [-0.1, -0.05) is 72.3 Å². The summed E-state index contributed by atoms with van der Waals surface area (Å²) in [6, 6.07) is 23.9. The van der Waals surface area contributed by atoms with E-state index in [1.807, 2.05) is 72.6 Å². The first-order chi connectivity index (χ1) is 13.0. The molecular weight excluding hydrogens is 363 g/mol. The van der Waals surface area contributed by atoms with Gasteiger partial charge in [-0.05, 0) is 36.4 Å². The van der Waals surface area contributed by atoms with Crippen LogP contribution in [0.1, 0.15) is 17.2 Å². The van der Waals surface area contributed by atoms with Crippen molar-refractivity contribution in [3.8, 4) is 0 Å². The Hall–Kier alpha value is -2.69. The standard InChI is InChI=1S/C22H20ClFN2O/c1-26(15-21(27)25-20-13-12-18(24)14-19(20)23)22(16-8-4-2-5-9-16)17-10-6-3-7-11-17/h2-14,22H,15H2,1H3,(H,25,27). The normalized spacial score (nSPS) is 11.0. The Morgan fingerprint density at radius 3 is 2.07 bits per heavy atom. The van der Waals surface area contributed by atoms with E-state index in [9.17, 15) is 9.18 Å². The number of anilines is 1. The fraction of sp³-hybridized carbons (Fsp3) is 0.136. The highest BCUT2D eigenvalue weighted by atomic mass is 35.5. The quantitative estimate of drug-likeness (QED) is 0.640. The lowest BCUT2D eigenvalue weighted by Crippen LogP contribution is -2.34. The summed E-state index contributed by atoms with van der Waals surface area (Å²) in [5.41, 5.74) is 2.59. The number of rotatable bonds is 6. The summed E-state index contributed by atoms with van der Waals surface area (Å²) in [6.45, 7) is 0.155. The van der Waals surface area contributed by atoms with Gasteiger partial charge in [0, 0.05) is 0 Å². The molecule has 0 radical (unpaired) electrons. The van der Waals surface area contributed by atoms with Crippen molar-refractivity contribution in [2.45, 2.75) is 6.04 Å². The second-order valence-corrected chi connectivity index (χ2v) is 6.72. The first-order valence-electron chi connectivity index (χ1n) is 8.59. The summed E-state index contributed by atoms with van der Waals surface area (Å²) in [5, 5.41) is 2.92. The van der Waals surface area contributed by atoms with E-state index in [1.54, 1.807) is 0 Å². The van der Waals surface area contributed by atoms with Gasteiger partial charge in [0.15, 0.2) is 0 Å². The molecule has 3 aromatic rings. The van der Waals surface area contributed by atoms with Crippen LogP contribution < -0.4 is 5.32 Å². The van der Waals surface area contributed by atoms with Gasteiger partial charge in [-0.2, -0.15) is 0 Å². The summed E-state index contributed by atoms with van der Waals surface area (Å²) >= 11 is 6.00. The average Bonchev–Trinajstić information content (AvgIpc) is 2.66. The number of amides is 1. The van der Waals surface area contributed by atoms with Crippen LogP contribution >= 0.6 is 11.6 Å². The summed E-state index contributed by atoms with van der Waals surface area (Å²) in [6.07, 6.45) is 0. The van der Waals surface area contributed by atoms with E-state index < -0.39 is 5.82 Å². The molecule has 0 aliphatic rings. The molecule has 0 unspecified atom stereocenters. The summed E-state index contributed by atoms with van der Waals surface area (Å²) in [7, 11) is 1.90. The van der Waals surface area contributed by atoms with E-state index in [4.69, 9.17) is 11.6 Å². The Kier molecular flexibility index (Phi) is 6.22. The molecule has 1 N–H and O–H groups in total. The molecule has 5 heteroatoms. The Morgan fingerprint density at radius 2 is 1.56 bits per heavy atom. The van der Waals surface area contributed by atoms with Crippen molar-refractivity contribution in [1.82, 2.24) is 4.90 Å². The lowest BCUT2D eigenvalue weighted by molar-refractivity contribution is -0.117. The number of halogens is 2. The maximum absolute atomic E-state index is 13.2. The number of benzene rings is 3. The fourth-order valence-electron chi connectivity index (χ4n) is 3.07. The molecule has 0 saturated heterocycles. The van der Waals surface area contributed by atoms with Crippen molar-refractivity contribution in [3.05, 3.63) is 101 Å². The zero-order valence-corrected chi connectivity index (χ0v) is 15.7. The second-order valence-electron chi connectivity index (χ2n) is 6.31. The lowest BCUT2D eigenvalue weighted by atomic mass is 9.97. The van der Waals surface area contributed by atoms with Crippen LogP contribution in [0.4, 0.5) is 10.1 Å². The highest BCUT2D eigenvalue weighted by molar-refractivity contribution is 6.33. The third-order valence-electron chi connectivity index (χ3n) is 4.27. The van der Waals surface area contributed by atoms with Crippen LogP contribution in [0.15, 0.2) is 78.9 Å². The summed E-state index contributed by atoms with van der Waals surface area (Å²) < 4.78 is 13.2. The number of likely N-dealkylation sites (N-methyl/N-ethyl adjacent to an activating group) is 1. The fourth-order valence-corrected chi connectivity index (χ4v) is 3.28. The largest absolute Gasteiger partial charge is 0.324 e. The molecule has 0 aliphatic carbocycles. The molecule has 3 rings (SSSR count). The molecule has 0 saturated carbocycles. The predicted molar refractivity (Wildman–Crippen MR) is 107 cm³/mol. The number of nitrogens with zero attached hydrogens (tertiary/aromatic N) is 1. The summed E-state index contributed by atoms with van der Waals surface area (Å²) in [5.74, 6) is -0.661. The molecule has 0 aliphatic heterocycles. The molecule has 0 aromatic heterocycles. The highest BCUT2D eigenvalue weighted by Gasteiger charge is 2.21. The maximum atomic E-state index is 13.2. The Morgan fingerprint density at radius 1 is 1.00 bits per heavy atom. The Balaban J connectivity index is 1.78. The van der Waals surface area contributed by atoms with Crippen LogP contribution in [0, 0.1) is 5.82 Å². The molecule has 3 nitrogen and oxygen atoms in total. The number of carbonyl (C=O) groups excluding carboxylic acids is 1. The molecule has 138 valence electrons. The van der Waals surface area contributed by atoms with Crippen LogP contribution in [0.2, 0.25) is 5.02 Å². The Labute approximate surface area is 163 Å². The van der Waals surface area contributed by atoms with Crippen molar-refractivity contribution in [2.24, 2.45) is 0 Å². The minimum absolute atomic E-state index is 0.0677. The third-order valence-corrected chi connectivity index (χ3v) is 4.58. The van der Waals surface area contributed by atoms with Crippen molar-refractivity contribution in [3.63, 3.8) is 0 Å². The van der Waals surface area contributed by atoms with Gasteiger partial charge in [0.25, 0.3) is 0 Å². The smallest absolute Gasteiger partial charge is 0.238 e. The molecule has 0 bridgehead atoms. The van der Waals surface area contributed by atoms with Crippen molar-refractivity contribution in [2.75, 3.05) is 18.9 Å². The third kappa shape index (κ3) is 4.94. The van der Waals surface area contributed by atoms with Crippen LogP contribution in [0.25, 0.3) is 0 Å². The molecule has 0 heterocycles. The van der Waals surface area contributed by atoms with Gasteiger partial charge in [0.2, 0.25) is 5.91 Å². The van der Waals surface area contributed by atoms with Gasteiger partial charge >= 0.3 is 0 Å². The molecule has 0 atom stereocenters. The van der Waals surface area contributed by atoms with Gasteiger partial charge in [-0.15, -0.1) is 0 Å². The van der Waals surface area contributed by atoms with Crippen LogP contribution in [-0.2, 0) is 4.79 Å². The van der Waals surface area contributed by atoms with E-state index >= 15 is 0 Å². The highest BCUT2D eigenvalue weighted by Crippen LogP contribution is 2.27. The van der Waals surface area contributed by atoms with E-state index in [0.717, 1.165) is 11.1 Å². The number of hydrogen-bond donors (Lipinski definition) is 1. The SMILES string of the molecule is CN(CC(=O)Nc1ccc(F)cc1Cl)C(c1ccccc1)c1ccccc1. The molecule has 27 heavy (non-hydrogen) atoms. The molecule has 0 fully saturated rings. The number of nitrogens with one attached hydrogen (secondary N) is 1. The van der Waals surface area contributed by atoms with Gasteiger partial charge in [-0.3, -0.25) is 9.69 Å². The minimum atomic E-state index is -0.441. The zero-order chi connectivity index (χ0) is 19.2. The van der Waals surface area contributed by atoms with Gasteiger partial charge in [0.1, 0.15) is 5.82 Å². The van der Waals surface area contributed by atoms with Gasteiger partial charge in [-0.25, -0.2) is 4.39 Å². The van der Waals surface area contributed by atoms with E-state index in [-0.39, 0.29) is 23.5 Å². The minimum Gasteiger partial charge on any atom is -0.324 e. The van der Waals surface area contributed by atoms with Crippen LogP contribution in [0.5, 0.6) is 0 Å². The van der Waals surface area contributed by atoms with E-state index in [2.05, 4.69) is 5.32 Å². The lowest BCUT2D eigenvalue weighted by Gasteiger charge is -2.28. The summed E-state index contributed by atoms with van der Waals surface area (Å²) in [4.78, 5) is 14.5. The van der Waals surface area contributed by atoms with Crippen molar-refractivity contribution >= 4 is 23.2 Å². The second kappa shape index (κ2) is 8.80. The monoisotopic (exact) mass is 382 g/mol. The van der Waals surface area contributed by atoms with Crippen LogP contribution in [-0.4, -0.2) is 24.4 Å². The van der Waals surface area contributed by atoms with Gasteiger partial charge in [0.05, 0.1) is 23.3 Å². The zero-order valence-electron chi connectivity index (χ0n) is 14.9. The first kappa shape index (κ1) is 19.1. The first-order valence-corrected chi connectivity index (χ1v) is 8.97. The average molecular weight is 383 g/mol. The Bertz CT molecular complexity index is 863. The molecule has 0 spiro atoms. The topological polar surface area (TPSA) is 32.3 Å².